The highest BCUT2D eigenvalue weighted by atomic mass is 31.2. The number of benzene rings is 1. The molecule has 0 aromatic heterocycles. The van der Waals surface area contributed by atoms with Crippen LogP contribution in [0.4, 0.5) is 4.79 Å². The van der Waals surface area contributed by atoms with Crippen LogP contribution in [-0.2, 0) is 14.5 Å². The lowest BCUT2D eigenvalue weighted by molar-refractivity contribution is 0.206. The van der Waals surface area contributed by atoms with Crippen molar-refractivity contribution in [1.29, 1.82) is 0 Å². The lowest BCUT2D eigenvalue weighted by atomic mass is 9.87. The van der Waals surface area contributed by atoms with E-state index < -0.39 is 14.1 Å². The molecule has 0 aliphatic carbocycles. The molecule has 5 heteroatoms. The SMILES string of the molecule is CCOP(OCC)C(=O)Oc1ccc(C(C)(C)C)cc1. The lowest BCUT2D eigenvalue weighted by Crippen LogP contribution is -2.11. The van der Waals surface area contributed by atoms with Crippen LogP contribution in [0.5, 0.6) is 5.75 Å². The Kier molecular flexibility index (Phi) is 6.60. The maximum Gasteiger partial charge on any atom is 0.389 e. The number of ether oxygens (including phenoxy) is 1. The molecule has 0 saturated carbocycles. The van der Waals surface area contributed by atoms with E-state index in [0.717, 1.165) is 0 Å². The van der Waals surface area contributed by atoms with E-state index in [1.165, 1.54) is 5.56 Å². The molecule has 112 valence electrons. The summed E-state index contributed by atoms with van der Waals surface area (Å²) in [6.45, 7) is 10.9. The van der Waals surface area contributed by atoms with Crippen LogP contribution in [0.1, 0.15) is 40.2 Å². The fourth-order valence-electron chi connectivity index (χ4n) is 1.54. The Balaban J connectivity index is 2.70. The van der Waals surface area contributed by atoms with Crippen LogP contribution >= 0.6 is 8.38 Å². The number of rotatable bonds is 6. The fourth-order valence-corrected chi connectivity index (χ4v) is 2.47. The molecule has 20 heavy (non-hydrogen) atoms. The Hall–Kier alpha value is -0.960. The fraction of sp³-hybridized carbons (Fsp3) is 0.533. The van der Waals surface area contributed by atoms with Crippen molar-refractivity contribution in [2.45, 2.75) is 40.0 Å². The van der Waals surface area contributed by atoms with Crippen LogP contribution in [0, 0.1) is 0 Å². The van der Waals surface area contributed by atoms with Gasteiger partial charge in [-0.15, -0.1) is 0 Å². The van der Waals surface area contributed by atoms with Crippen molar-refractivity contribution in [1.82, 2.24) is 0 Å². The van der Waals surface area contributed by atoms with Gasteiger partial charge in [-0.25, -0.2) is 4.79 Å². The van der Waals surface area contributed by atoms with Crippen molar-refractivity contribution in [2.75, 3.05) is 13.2 Å². The molecule has 0 unspecified atom stereocenters. The monoisotopic (exact) mass is 298 g/mol. The summed E-state index contributed by atoms with van der Waals surface area (Å²) in [6.07, 6.45) is 0. The zero-order chi connectivity index (χ0) is 15.2. The highest BCUT2D eigenvalue weighted by Gasteiger charge is 2.23. The summed E-state index contributed by atoms with van der Waals surface area (Å²) >= 11 is 0. The van der Waals surface area contributed by atoms with Gasteiger partial charge in [0.25, 0.3) is 8.38 Å². The second kappa shape index (κ2) is 7.72. The molecule has 1 aromatic rings. The van der Waals surface area contributed by atoms with Crippen molar-refractivity contribution < 1.29 is 18.6 Å². The van der Waals surface area contributed by atoms with Gasteiger partial charge in [-0.1, -0.05) is 32.9 Å². The largest absolute Gasteiger partial charge is 0.420 e. The van der Waals surface area contributed by atoms with Gasteiger partial charge in [-0.2, -0.15) is 0 Å². The molecule has 1 aromatic carbocycles. The number of carbonyl (C=O) groups is 1. The van der Waals surface area contributed by atoms with Gasteiger partial charge >= 0.3 is 5.71 Å². The third-order valence-electron chi connectivity index (χ3n) is 2.57. The zero-order valence-corrected chi connectivity index (χ0v) is 13.7. The van der Waals surface area contributed by atoms with E-state index in [1.807, 2.05) is 26.0 Å². The molecule has 0 fully saturated rings. The predicted octanol–water partition coefficient (Wildman–Crippen LogP) is 4.87. The first-order chi connectivity index (χ1) is 9.38. The first kappa shape index (κ1) is 17.1. The molecular weight excluding hydrogens is 275 g/mol. The summed E-state index contributed by atoms with van der Waals surface area (Å²) in [5.41, 5.74) is 0.799. The Morgan fingerprint density at radius 1 is 1.05 bits per heavy atom. The molecule has 0 heterocycles. The van der Waals surface area contributed by atoms with Crippen molar-refractivity contribution >= 4 is 14.1 Å². The average Bonchev–Trinajstić information content (AvgIpc) is 2.38. The second-order valence-corrected chi connectivity index (χ2v) is 6.63. The van der Waals surface area contributed by atoms with E-state index >= 15 is 0 Å². The molecule has 0 aliphatic rings. The molecular formula is C15H23O4P. The molecule has 1 rings (SSSR count). The van der Waals surface area contributed by atoms with Crippen LogP contribution in [0.3, 0.4) is 0 Å². The van der Waals surface area contributed by atoms with Gasteiger partial charge in [-0.3, -0.25) is 0 Å². The first-order valence-corrected chi connectivity index (χ1v) is 7.94. The third kappa shape index (κ3) is 5.20. The molecule has 0 atom stereocenters. The summed E-state index contributed by atoms with van der Waals surface area (Å²) in [7, 11) is -1.64. The Labute approximate surface area is 122 Å². The Bertz CT molecular complexity index is 416. The maximum absolute atomic E-state index is 11.9. The maximum atomic E-state index is 11.9. The molecule has 0 bridgehead atoms. The summed E-state index contributed by atoms with van der Waals surface area (Å²) in [6, 6.07) is 7.52. The highest BCUT2D eigenvalue weighted by molar-refractivity contribution is 7.65. The molecule has 0 spiro atoms. The Morgan fingerprint density at radius 3 is 1.95 bits per heavy atom. The second-order valence-electron chi connectivity index (χ2n) is 5.24. The van der Waals surface area contributed by atoms with Crippen molar-refractivity contribution in [3.8, 4) is 5.75 Å². The van der Waals surface area contributed by atoms with Gasteiger partial charge in [0.15, 0.2) is 0 Å². The van der Waals surface area contributed by atoms with Crippen LogP contribution in [0.2, 0.25) is 0 Å². The van der Waals surface area contributed by atoms with Crippen molar-refractivity contribution in [2.24, 2.45) is 0 Å². The predicted molar refractivity (Wildman–Crippen MR) is 81.3 cm³/mol. The minimum atomic E-state index is -1.64. The zero-order valence-electron chi connectivity index (χ0n) is 12.8. The number of carbonyl (C=O) groups excluding carboxylic acids is 1. The molecule has 0 amide bonds. The standard InChI is InChI=1S/C15H23O4P/c1-6-17-20(18-7-2)14(16)19-13-10-8-12(9-11-13)15(3,4)5/h8-11H,6-7H2,1-5H3. The van der Waals surface area contributed by atoms with E-state index in [0.29, 0.717) is 19.0 Å². The van der Waals surface area contributed by atoms with Gasteiger partial charge in [0.2, 0.25) is 0 Å². The van der Waals surface area contributed by atoms with Gasteiger partial charge < -0.3 is 13.8 Å². The van der Waals surface area contributed by atoms with Gasteiger partial charge in [0.1, 0.15) is 5.75 Å². The van der Waals surface area contributed by atoms with Gasteiger partial charge in [0.05, 0.1) is 13.2 Å². The number of hydrogen-bond donors (Lipinski definition) is 0. The smallest absolute Gasteiger partial charge is 0.389 e. The Morgan fingerprint density at radius 2 is 1.55 bits per heavy atom. The quantitative estimate of drug-likeness (QED) is 0.703. The summed E-state index contributed by atoms with van der Waals surface area (Å²) in [5.74, 6) is 0.509. The minimum Gasteiger partial charge on any atom is -0.420 e. The topological polar surface area (TPSA) is 44.8 Å². The van der Waals surface area contributed by atoms with Crippen LogP contribution in [-0.4, -0.2) is 18.9 Å². The molecule has 0 N–H and O–H groups in total. The van der Waals surface area contributed by atoms with E-state index in [9.17, 15) is 4.79 Å². The normalized spacial score (nSPS) is 11.7. The molecule has 0 radical (unpaired) electrons. The summed E-state index contributed by atoms with van der Waals surface area (Å²) in [5, 5.41) is 0. The van der Waals surface area contributed by atoms with E-state index in [-0.39, 0.29) is 5.41 Å². The highest BCUT2D eigenvalue weighted by Crippen LogP contribution is 2.40. The summed E-state index contributed by atoms with van der Waals surface area (Å²) < 4.78 is 15.8. The lowest BCUT2D eigenvalue weighted by Gasteiger charge is -2.19. The summed E-state index contributed by atoms with van der Waals surface area (Å²) in [4.78, 5) is 11.9. The van der Waals surface area contributed by atoms with Crippen LogP contribution in [0.15, 0.2) is 24.3 Å². The minimum absolute atomic E-state index is 0.0752. The average molecular weight is 298 g/mol. The van der Waals surface area contributed by atoms with Crippen molar-refractivity contribution in [3.63, 3.8) is 0 Å². The van der Waals surface area contributed by atoms with E-state index in [4.69, 9.17) is 13.8 Å². The van der Waals surface area contributed by atoms with Crippen LogP contribution < -0.4 is 4.74 Å². The van der Waals surface area contributed by atoms with E-state index in [1.54, 1.807) is 12.1 Å². The van der Waals surface area contributed by atoms with Crippen molar-refractivity contribution in [3.05, 3.63) is 29.8 Å². The first-order valence-electron chi connectivity index (χ1n) is 6.76. The number of hydrogen-bond acceptors (Lipinski definition) is 4. The van der Waals surface area contributed by atoms with Gasteiger partial charge in [-0.05, 0) is 37.0 Å². The van der Waals surface area contributed by atoms with Crippen LogP contribution in [0.25, 0.3) is 0 Å². The molecule has 0 aliphatic heterocycles. The van der Waals surface area contributed by atoms with Gasteiger partial charge in [0, 0.05) is 0 Å². The molecule has 0 saturated heterocycles. The third-order valence-corrected chi connectivity index (χ3v) is 3.94. The molecule has 4 nitrogen and oxygen atoms in total. The van der Waals surface area contributed by atoms with E-state index in [2.05, 4.69) is 20.8 Å².